The number of alkyl halides is 3. The molecule has 0 bridgehead atoms. The van der Waals surface area contributed by atoms with Gasteiger partial charge in [0, 0.05) is 4.47 Å². The standard InChI is InChI=1S/C12H13BrF3NO2S/c13-10-6-5-8(12(14,15)16)7-11(10)17-20(18,19)9-3-1-2-4-9/h5-7,9,17H,1-4H2. The normalized spacial score (nSPS) is 17.4. The van der Waals surface area contributed by atoms with Crippen molar-refractivity contribution in [1.82, 2.24) is 0 Å². The van der Waals surface area contributed by atoms with Gasteiger partial charge in [0.1, 0.15) is 0 Å². The first-order valence-electron chi connectivity index (χ1n) is 6.08. The highest BCUT2D eigenvalue weighted by Crippen LogP contribution is 2.35. The summed E-state index contributed by atoms with van der Waals surface area (Å²) in [5.74, 6) is 0. The lowest BCUT2D eigenvalue weighted by Crippen LogP contribution is -2.25. The van der Waals surface area contributed by atoms with Gasteiger partial charge in [0.15, 0.2) is 0 Å². The van der Waals surface area contributed by atoms with Crippen molar-refractivity contribution in [3.05, 3.63) is 28.2 Å². The van der Waals surface area contributed by atoms with E-state index in [1.54, 1.807) is 0 Å². The molecule has 0 saturated heterocycles. The van der Waals surface area contributed by atoms with Gasteiger partial charge in [-0.15, -0.1) is 0 Å². The molecule has 0 spiro atoms. The van der Waals surface area contributed by atoms with Crippen LogP contribution in [-0.4, -0.2) is 13.7 Å². The van der Waals surface area contributed by atoms with E-state index in [9.17, 15) is 21.6 Å². The molecule has 1 N–H and O–H groups in total. The molecule has 20 heavy (non-hydrogen) atoms. The van der Waals surface area contributed by atoms with Crippen molar-refractivity contribution in [3.63, 3.8) is 0 Å². The van der Waals surface area contributed by atoms with Crippen LogP contribution >= 0.6 is 15.9 Å². The zero-order valence-electron chi connectivity index (χ0n) is 10.4. The lowest BCUT2D eigenvalue weighted by atomic mass is 10.2. The number of benzene rings is 1. The van der Waals surface area contributed by atoms with Crippen LogP contribution in [0, 0.1) is 0 Å². The summed E-state index contributed by atoms with van der Waals surface area (Å²) in [6.07, 6.45) is -1.75. The Morgan fingerprint density at radius 1 is 1.20 bits per heavy atom. The summed E-state index contributed by atoms with van der Waals surface area (Å²) in [7, 11) is -3.65. The second-order valence-electron chi connectivity index (χ2n) is 4.75. The minimum Gasteiger partial charge on any atom is -0.282 e. The molecule has 0 aliphatic heterocycles. The molecule has 112 valence electrons. The number of hydrogen-bond acceptors (Lipinski definition) is 2. The molecule has 0 aromatic heterocycles. The first-order chi connectivity index (χ1) is 9.20. The average Bonchev–Trinajstić information content (AvgIpc) is 2.84. The Labute approximate surface area is 123 Å². The van der Waals surface area contributed by atoms with E-state index in [0.29, 0.717) is 12.8 Å². The molecular formula is C12H13BrF3NO2S. The quantitative estimate of drug-likeness (QED) is 0.867. The highest BCUT2D eigenvalue weighted by Gasteiger charge is 2.33. The molecule has 2 rings (SSSR count). The van der Waals surface area contributed by atoms with E-state index in [4.69, 9.17) is 0 Å². The summed E-state index contributed by atoms with van der Waals surface area (Å²) in [4.78, 5) is 0. The Bertz CT molecular complexity index is 595. The van der Waals surface area contributed by atoms with Crippen LogP contribution in [0.25, 0.3) is 0 Å². The van der Waals surface area contributed by atoms with Crippen molar-refractivity contribution in [2.24, 2.45) is 0 Å². The maximum atomic E-state index is 12.6. The van der Waals surface area contributed by atoms with Gasteiger partial charge in [0.25, 0.3) is 0 Å². The first-order valence-corrected chi connectivity index (χ1v) is 8.42. The van der Waals surface area contributed by atoms with E-state index in [1.165, 1.54) is 6.07 Å². The largest absolute Gasteiger partial charge is 0.416 e. The van der Waals surface area contributed by atoms with Gasteiger partial charge in [0.05, 0.1) is 16.5 Å². The van der Waals surface area contributed by atoms with Crippen molar-refractivity contribution in [1.29, 1.82) is 0 Å². The second-order valence-corrected chi connectivity index (χ2v) is 7.56. The summed E-state index contributed by atoms with van der Waals surface area (Å²) in [5, 5.41) is -0.524. The number of hydrogen-bond donors (Lipinski definition) is 1. The van der Waals surface area contributed by atoms with E-state index in [1.807, 2.05) is 0 Å². The number of nitrogens with one attached hydrogen (secondary N) is 1. The van der Waals surface area contributed by atoms with E-state index in [0.717, 1.165) is 25.0 Å². The minimum absolute atomic E-state index is 0.0771. The van der Waals surface area contributed by atoms with Gasteiger partial charge in [-0.3, -0.25) is 4.72 Å². The van der Waals surface area contributed by atoms with Gasteiger partial charge < -0.3 is 0 Å². The maximum Gasteiger partial charge on any atom is 0.416 e. The maximum absolute atomic E-state index is 12.6. The molecule has 1 aliphatic carbocycles. The molecule has 0 amide bonds. The van der Waals surface area contributed by atoms with E-state index < -0.39 is 27.0 Å². The van der Waals surface area contributed by atoms with Crippen molar-refractivity contribution in [2.45, 2.75) is 37.1 Å². The number of rotatable bonds is 3. The van der Waals surface area contributed by atoms with E-state index in [-0.39, 0.29) is 10.2 Å². The predicted molar refractivity (Wildman–Crippen MR) is 73.9 cm³/mol. The van der Waals surface area contributed by atoms with Crippen molar-refractivity contribution < 1.29 is 21.6 Å². The summed E-state index contributed by atoms with van der Waals surface area (Å²) < 4.78 is 64.7. The lowest BCUT2D eigenvalue weighted by molar-refractivity contribution is -0.137. The van der Waals surface area contributed by atoms with Gasteiger partial charge in [-0.25, -0.2) is 8.42 Å². The SMILES string of the molecule is O=S(=O)(Nc1cc(C(F)(F)F)ccc1Br)C1CCCC1. The Hall–Kier alpha value is -0.760. The average molecular weight is 372 g/mol. The second kappa shape index (κ2) is 5.55. The summed E-state index contributed by atoms with van der Waals surface area (Å²) in [6, 6.07) is 2.89. The third-order valence-electron chi connectivity index (χ3n) is 3.29. The fourth-order valence-electron chi connectivity index (χ4n) is 2.22. The van der Waals surface area contributed by atoms with Crippen LogP contribution in [0.4, 0.5) is 18.9 Å². The molecule has 1 saturated carbocycles. The van der Waals surface area contributed by atoms with Crippen LogP contribution in [0.2, 0.25) is 0 Å². The van der Waals surface area contributed by atoms with Crippen LogP contribution < -0.4 is 4.72 Å². The number of sulfonamides is 1. The monoisotopic (exact) mass is 371 g/mol. The zero-order chi connectivity index (χ0) is 15.0. The van der Waals surface area contributed by atoms with Gasteiger partial charge in [-0.05, 0) is 47.0 Å². The fraction of sp³-hybridized carbons (Fsp3) is 0.500. The van der Waals surface area contributed by atoms with Gasteiger partial charge in [-0.1, -0.05) is 12.8 Å². The molecule has 8 heteroatoms. The van der Waals surface area contributed by atoms with Gasteiger partial charge in [-0.2, -0.15) is 13.2 Å². The Balaban J connectivity index is 2.29. The number of anilines is 1. The molecule has 0 heterocycles. The summed E-state index contributed by atoms with van der Waals surface area (Å²) >= 11 is 3.06. The smallest absolute Gasteiger partial charge is 0.282 e. The summed E-state index contributed by atoms with van der Waals surface area (Å²) in [5.41, 5.74) is -0.962. The first kappa shape index (κ1) is 15.6. The molecule has 1 aromatic rings. The van der Waals surface area contributed by atoms with Crippen molar-refractivity contribution in [2.75, 3.05) is 4.72 Å². The summed E-state index contributed by atoms with van der Waals surface area (Å²) in [6.45, 7) is 0. The molecule has 0 atom stereocenters. The Morgan fingerprint density at radius 2 is 1.80 bits per heavy atom. The number of halogens is 4. The Morgan fingerprint density at radius 3 is 2.35 bits per heavy atom. The van der Waals surface area contributed by atoms with Crippen LogP contribution in [0.1, 0.15) is 31.2 Å². The minimum atomic E-state index is -4.51. The molecule has 0 unspecified atom stereocenters. The van der Waals surface area contributed by atoms with Crippen molar-refractivity contribution >= 4 is 31.6 Å². The van der Waals surface area contributed by atoms with E-state index in [2.05, 4.69) is 20.7 Å². The van der Waals surface area contributed by atoms with Gasteiger partial charge in [0.2, 0.25) is 10.0 Å². The molecule has 1 fully saturated rings. The fourth-order valence-corrected chi connectivity index (χ4v) is 4.29. The Kier molecular flexibility index (Phi) is 4.34. The van der Waals surface area contributed by atoms with Crippen molar-refractivity contribution in [3.8, 4) is 0 Å². The molecule has 3 nitrogen and oxygen atoms in total. The molecule has 1 aromatic carbocycles. The zero-order valence-corrected chi connectivity index (χ0v) is 12.8. The van der Waals surface area contributed by atoms with Crippen LogP contribution in [0.3, 0.4) is 0 Å². The highest BCUT2D eigenvalue weighted by atomic mass is 79.9. The lowest BCUT2D eigenvalue weighted by Gasteiger charge is -2.16. The van der Waals surface area contributed by atoms with E-state index >= 15 is 0 Å². The highest BCUT2D eigenvalue weighted by molar-refractivity contribution is 9.10. The third-order valence-corrected chi connectivity index (χ3v) is 5.83. The predicted octanol–water partition coefficient (Wildman–Crippen LogP) is 4.15. The molecule has 1 aliphatic rings. The third kappa shape index (κ3) is 3.46. The van der Waals surface area contributed by atoms with Crippen LogP contribution in [0.15, 0.2) is 22.7 Å². The molecule has 0 radical (unpaired) electrons. The van der Waals surface area contributed by atoms with Crippen LogP contribution in [0.5, 0.6) is 0 Å². The molecular weight excluding hydrogens is 359 g/mol. The van der Waals surface area contributed by atoms with Crippen LogP contribution in [-0.2, 0) is 16.2 Å². The van der Waals surface area contributed by atoms with Gasteiger partial charge >= 0.3 is 6.18 Å². The topological polar surface area (TPSA) is 46.2 Å².